The van der Waals surface area contributed by atoms with E-state index in [0.717, 1.165) is 0 Å². The van der Waals surface area contributed by atoms with Crippen molar-refractivity contribution in [2.45, 2.75) is 20.3 Å². The molecular weight excluding hydrogens is 206 g/mol. The van der Waals surface area contributed by atoms with Crippen LogP contribution in [-0.2, 0) is 9.59 Å². The molecule has 0 radical (unpaired) electrons. The van der Waals surface area contributed by atoms with E-state index < -0.39 is 11.4 Å². The predicted molar refractivity (Wildman–Crippen MR) is 60.9 cm³/mol. The Morgan fingerprint density at radius 3 is 2.56 bits per heavy atom. The molecule has 16 heavy (non-hydrogen) atoms. The first-order chi connectivity index (χ1) is 7.49. The summed E-state index contributed by atoms with van der Waals surface area (Å²) in [5.74, 6) is -0.955. The third-order valence-electron chi connectivity index (χ3n) is 2.84. The molecule has 4 heteroatoms. The van der Waals surface area contributed by atoms with E-state index >= 15 is 0 Å². The van der Waals surface area contributed by atoms with Gasteiger partial charge in [0.2, 0.25) is 5.91 Å². The minimum absolute atomic E-state index is 0.122. The minimum atomic E-state index is -0.833. The van der Waals surface area contributed by atoms with E-state index in [2.05, 4.69) is 0 Å². The molecule has 0 aromatic rings. The van der Waals surface area contributed by atoms with E-state index in [1.54, 1.807) is 24.0 Å². The Kier molecular flexibility index (Phi) is 3.88. The molecule has 1 fully saturated rings. The summed E-state index contributed by atoms with van der Waals surface area (Å²) in [6.45, 7) is 4.35. The molecule has 1 saturated heterocycles. The van der Waals surface area contributed by atoms with Crippen LogP contribution in [0.25, 0.3) is 0 Å². The van der Waals surface area contributed by atoms with Crippen molar-refractivity contribution in [2.75, 3.05) is 13.1 Å². The van der Waals surface area contributed by atoms with Crippen LogP contribution in [0.2, 0.25) is 0 Å². The number of aliphatic carboxylic acids is 1. The van der Waals surface area contributed by atoms with Crippen LogP contribution >= 0.6 is 0 Å². The van der Waals surface area contributed by atoms with Crippen molar-refractivity contribution in [3.8, 4) is 0 Å². The summed E-state index contributed by atoms with van der Waals surface area (Å²) in [5.41, 5.74) is -0.788. The molecule has 1 aliphatic rings. The van der Waals surface area contributed by atoms with Gasteiger partial charge in [-0.15, -0.1) is 0 Å². The van der Waals surface area contributed by atoms with Gasteiger partial charge in [0.05, 0.1) is 5.41 Å². The van der Waals surface area contributed by atoms with E-state index in [1.165, 1.54) is 6.08 Å². The molecule has 1 aliphatic heterocycles. The molecule has 4 nitrogen and oxygen atoms in total. The standard InChI is InChI=1S/C12H17NO3/c1-3-4-5-6-10(14)13-8-7-12(2,9-13)11(15)16/h3-6H,7-9H2,1-2H3,(H,15,16). The van der Waals surface area contributed by atoms with Gasteiger partial charge in [-0.2, -0.15) is 0 Å². The van der Waals surface area contributed by atoms with Crippen LogP contribution < -0.4 is 0 Å². The van der Waals surface area contributed by atoms with Crippen LogP contribution in [0.15, 0.2) is 24.3 Å². The number of carboxylic acids is 1. The first-order valence-corrected chi connectivity index (χ1v) is 5.31. The van der Waals surface area contributed by atoms with Crippen molar-refractivity contribution in [1.82, 2.24) is 4.90 Å². The van der Waals surface area contributed by atoms with E-state index in [-0.39, 0.29) is 5.91 Å². The average molecular weight is 223 g/mol. The highest BCUT2D eigenvalue weighted by Gasteiger charge is 2.41. The van der Waals surface area contributed by atoms with Crippen molar-refractivity contribution in [2.24, 2.45) is 5.41 Å². The predicted octanol–water partition coefficient (Wildman–Crippen LogP) is 1.44. The second-order valence-electron chi connectivity index (χ2n) is 4.26. The van der Waals surface area contributed by atoms with Crippen molar-refractivity contribution in [1.29, 1.82) is 0 Å². The fourth-order valence-corrected chi connectivity index (χ4v) is 1.68. The third-order valence-corrected chi connectivity index (χ3v) is 2.84. The zero-order chi connectivity index (χ0) is 12.2. The molecule has 0 spiro atoms. The van der Waals surface area contributed by atoms with Gasteiger partial charge in [0, 0.05) is 19.2 Å². The van der Waals surface area contributed by atoms with Gasteiger partial charge >= 0.3 is 5.97 Å². The summed E-state index contributed by atoms with van der Waals surface area (Å²) >= 11 is 0. The summed E-state index contributed by atoms with van der Waals surface area (Å²) in [7, 11) is 0. The highest BCUT2D eigenvalue weighted by atomic mass is 16.4. The molecule has 1 rings (SSSR count). The molecule has 0 saturated carbocycles. The summed E-state index contributed by atoms with van der Waals surface area (Å²) in [5, 5.41) is 9.02. The van der Waals surface area contributed by atoms with Crippen LogP contribution in [0, 0.1) is 5.41 Å². The lowest BCUT2D eigenvalue weighted by molar-refractivity contribution is -0.147. The number of rotatable bonds is 3. The highest BCUT2D eigenvalue weighted by molar-refractivity contribution is 5.89. The minimum Gasteiger partial charge on any atom is -0.481 e. The second kappa shape index (κ2) is 4.96. The van der Waals surface area contributed by atoms with Crippen molar-refractivity contribution < 1.29 is 14.7 Å². The Labute approximate surface area is 95.2 Å². The van der Waals surface area contributed by atoms with Crippen LogP contribution in [0.1, 0.15) is 20.3 Å². The summed E-state index contributed by atoms with van der Waals surface area (Å²) in [4.78, 5) is 24.2. The van der Waals surface area contributed by atoms with E-state index in [0.29, 0.717) is 19.5 Å². The topological polar surface area (TPSA) is 57.6 Å². The molecule has 1 unspecified atom stereocenters. The molecule has 0 aromatic carbocycles. The highest BCUT2D eigenvalue weighted by Crippen LogP contribution is 2.30. The number of hydrogen-bond donors (Lipinski definition) is 1. The molecule has 0 aliphatic carbocycles. The van der Waals surface area contributed by atoms with Gasteiger partial charge in [0.15, 0.2) is 0 Å². The van der Waals surface area contributed by atoms with Gasteiger partial charge in [-0.05, 0) is 20.3 Å². The molecule has 1 heterocycles. The third kappa shape index (κ3) is 2.72. The fraction of sp³-hybridized carbons (Fsp3) is 0.500. The quantitative estimate of drug-likeness (QED) is 0.582. The Bertz CT molecular complexity index is 346. The van der Waals surface area contributed by atoms with Gasteiger partial charge in [-0.3, -0.25) is 9.59 Å². The number of nitrogens with zero attached hydrogens (tertiary/aromatic N) is 1. The van der Waals surface area contributed by atoms with Gasteiger partial charge in [-0.25, -0.2) is 0 Å². The molecule has 0 aromatic heterocycles. The molecule has 1 atom stereocenters. The first-order valence-electron chi connectivity index (χ1n) is 5.31. The lowest BCUT2D eigenvalue weighted by atomic mass is 9.90. The normalized spacial score (nSPS) is 25.8. The maximum atomic E-state index is 11.6. The zero-order valence-electron chi connectivity index (χ0n) is 9.64. The molecular formula is C12H17NO3. The van der Waals surface area contributed by atoms with Gasteiger partial charge < -0.3 is 10.0 Å². The molecule has 0 bridgehead atoms. The van der Waals surface area contributed by atoms with Gasteiger partial charge in [-0.1, -0.05) is 18.2 Å². The lowest BCUT2D eigenvalue weighted by Gasteiger charge is -2.18. The number of carbonyl (C=O) groups is 2. The van der Waals surface area contributed by atoms with E-state index in [1.807, 2.05) is 13.0 Å². The van der Waals surface area contributed by atoms with Crippen LogP contribution in [0.5, 0.6) is 0 Å². The number of carbonyl (C=O) groups excluding carboxylic acids is 1. The second-order valence-corrected chi connectivity index (χ2v) is 4.26. The Morgan fingerprint density at radius 1 is 1.38 bits per heavy atom. The Morgan fingerprint density at radius 2 is 2.06 bits per heavy atom. The number of allylic oxidation sites excluding steroid dienone is 3. The average Bonchev–Trinajstić information content (AvgIpc) is 2.63. The maximum Gasteiger partial charge on any atom is 0.311 e. The van der Waals surface area contributed by atoms with E-state index in [9.17, 15) is 9.59 Å². The number of likely N-dealkylation sites (tertiary alicyclic amines) is 1. The summed E-state index contributed by atoms with van der Waals surface area (Å²) in [6, 6.07) is 0. The van der Waals surface area contributed by atoms with Crippen molar-refractivity contribution >= 4 is 11.9 Å². The van der Waals surface area contributed by atoms with E-state index in [4.69, 9.17) is 5.11 Å². The van der Waals surface area contributed by atoms with Crippen molar-refractivity contribution in [3.05, 3.63) is 24.3 Å². The SMILES string of the molecule is CC=CC=CC(=O)N1CCC(C)(C(=O)O)C1. The zero-order valence-corrected chi connectivity index (χ0v) is 9.64. The monoisotopic (exact) mass is 223 g/mol. The fourth-order valence-electron chi connectivity index (χ4n) is 1.68. The van der Waals surface area contributed by atoms with Crippen molar-refractivity contribution in [3.63, 3.8) is 0 Å². The summed E-state index contributed by atoms with van der Waals surface area (Å²) < 4.78 is 0. The number of carboxylic acid groups (broad SMARTS) is 1. The van der Waals surface area contributed by atoms with Gasteiger partial charge in [0.25, 0.3) is 0 Å². The van der Waals surface area contributed by atoms with Crippen LogP contribution in [-0.4, -0.2) is 35.0 Å². The van der Waals surface area contributed by atoms with Gasteiger partial charge in [0.1, 0.15) is 0 Å². The molecule has 1 N–H and O–H groups in total. The molecule has 88 valence electrons. The first kappa shape index (κ1) is 12.5. The van der Waals surface area contributed by atoms with Crippen LogP contribution in [0.3, 0.4) is 0 Å². The Hall–Kier alpha value is -1.58. The number of hydrogen-bond acceptors (Lipinski definition) is 2. The van der Waals surface area contributed by atoms with Crippen LogP contribution in [0.4, 0.5) is 0 Å². The molecule has 1 amide bonds. The maximum absolute atomic E-state index is 11.6. The number of amides is 1. The Balaban J connectivity index is 2.60. The smallest absolute Gasteiger partial charge is 0.311 e. The lowest BCUT2D eigenvalue weighted by Crippen LogP contribution is -2.34. The summed E-state index contributed by atoms with van der Waals surface area (Å²) in [6.07, 6.45) is 7.25. The largest absolute Gasteiger partial charge is 0.481 e.